The molecule has 2 aromatic rings. The Morgan fingerprint density at radius 3 is 2.15 bits per heavy atom. The van der Waals surface area contributed by atoms with E-state index < -0.39 is 30.1 Å². The topological polar surface area (TPSA) is 118 Å². The van der Waals surface area contributed by atoms with Gasteiger partial charge in [0.25, 0.3) is 0 Å². The van der Waals surface area contributed by atoms with Gasteiger partial charge in [0.2, 0.25) is 5.91 Å². The molecule has 0 radical (unpaired) electrons. The Hall–Kier alpha value is -3.86. The lowest BCUT2D eigenvalue weighted by atomic mass is 10.0. The zero-order valence-corrected chi connectivity index (χ0v) is 18.7. The lowest BCUT2D eigenvalue weighted by Gasteiger charge is -2.22. The van der Waals surface area contributed by atoms with Crippen LogP contribution in [0.5, 0.6) is 0 Å². The van der Waals surface area contributed by atoms with Crippen molar-refractivity contribution in [3.63, 3.8) is 0 Å². The fraction of sp³-hybridized carbons (Fsp3) is 0.360. The molecular formula is C25H29N3O5. The molecule has 0 saturated heterocycles. The van der Waals surface area contributed by atoms with E-state index in [2.05, 4.69) is 16.7 Å². The van der Waals surface area contributed by atoms with E-state index in [-0.39, 0.29) is 13.0 Å². The van der Waals surface area contributed by atoms with Gasteiger partial charge in [0, 0.05) is 12.8 Å². The highest BCUT2D eigenvalue weighted by Gasteiger charge is 2.27. The number of esters is 1. The van der Waals surface area contributed by atoms with Crippen LogP contribution in [-0.4, -0.2) is 37.2 Å². The molecule has 2 N–H and O–H groups in total. The van der Waals surface area contributed by atoms with E-state index >= 15 is 0 Å². The van der Waals surface area contributed by atoms with Crippen molar-refractivity contribution in [2.45, 2.75) is 50.8 Å². The number of nitrogens with zero attached hydrogens (tertiary/aromatic N) is 1. The summed E-state index contributed by atoms with van der Waals surface area (Å²) < 4.78 is 10.1. The van der Waals surface area contributed by atoms with Gasteiger partial charge in [0.15, 0.2) is 0 Å². The molecule has 0 aliphatic heterocycles. The Labute approximate surface area is 193 Å². The number of hydrogen-bond acceptors (Lipinski definition) is 6. The highest BCUT2D eigenvalue weighted by molar-refractivity contribution is 5.89. The molecule has 0 bridgehead atoms. The lowest BCUT2D eigenvalue weighted by molar-refractivity contribution is -0.145. The molecule has 2 aromatic carbocycles. The largest absolute Gasteiger partial charge is 0.467 e. The number of rotatable bonds is 12. The number of unbranched alkanes of at least 4 members (excludes halogenated alkanes) is 2. The molecular weight excluding hydrogens is 422 g/mol. The highest BCUT2D eigenvalue weighted by atomic mass is 16.5. The van der Waals surface area contributed by atoms with Gasteiger partial charge in [-0.1, -0.05) is 60.7 Å². The molecule has 33 heavy (non-hydrogen) atoms. The number of ether oxygens (including phenoxy) is 2. The third-order valence-corrected chi connectivity index (χ3v) is 4.94. The second kappa shape index (κ2) is 14.2. The number of nitrogens with one attached hydrogen (secondary N) is 2. The second-order valence-corrected chi connectivity index (χ2v) is 7.44. The standard InChI is InChI=1S/C25H29N3O5/c1-32-24(30)21(15-9-4-10-16-26)27-23(29)22(17-19-11-5-2-6-12-19)28-25(31)33-18-20-13-7-3-8-14-20/h2-3,5-8,11-14,21-22H,4,9-10,15,17-18H2,1H3,(H,27,29)(H,28,31)/t21-,22-/m1/s1. The number of alkyl carbamates (subject to hydrolysis) is 1. The predicted octanol–water partition coefficient (Wildman–Crippen LogP) is 3.27. The minimum atomic E-state index is -0.957. The van der Waals surface area contributed by atoms with Gasteiger partial charge in [-0.2, -0.15) is 5.26 Å². The average Bonchev–Trinajstić information content (AvgIpc) is 2.85. The first-order chi connectivity index (χ1) is 16.0. The first kappa shape index (κ1) is 25.4. The summed E-state index contributed by atoms with van der Waals surface area (Å²) in [4.78, 5) is 37.6. The van der Waals surface area contributed by atoms with Gasteiger partial charge in [-0.3, -0.25) is 4.79 Å². The van der Waals surface area contributed by atoms with Crippen LogP contribution in [0.2, 0.25) is 0 Å². The van der Waals surface area contributed by atoms with Crippen LogP contribution in [0.25, 0.3) is 0 Å². The summed E-state index contributed by atoms with van der Waals surface area (Å²) in [5.41, 5.74) is 1.66. The lowest BCUT2D eigenvalue weighted by Crippen LogP contribution is -2.52. The number of carbonyl (C=O) groups excluding carboxylic acids is 3. The van der Waals surface area contributed by atoms with E-state index in [9.17, 15) is 14.4 Å². The molecule has 2 amide bonds. The van der Waals surface area contributed by atoms with Crippen LogP contribution < -0.4 is 10.6 Å². The molecule has 0 aromatic heterocycles. The van der Waals surface area contributed by atoms with Crippen LogP contribution in [0.15, 0.2) is 60.7 Å². The summed E-state index contributed by atoms with van der Waals surface area (Å²) >= 11 is 0. The Morgan fingerprint density at radius 1 is 0.909 bits per heavy atom. The molecule has 0 aliphatic rings. The summed E-state index contributed by atoms with van der Waals surface area (Å²) in [5, 5.41) is 14.0. The number of hydrogen-bond donors (Lipinski definition) is 2. The van der Waals surface area contributed by atoms with Gasteiger partial charge in [0.05, 0.1) is 13.2 Å². The summed E-state index contributed by atoms with van der Waals surface area (Å²) in [6.45, 7) is 0.0655. The number of carbonyl (C=O) groups is 3. The molecule has 2 rings (SSSR count). The first-order valence-electron chi connectivity index (χ1n) is 10.8. The van der Waals surface area contributed by atoms with Crippen molar-refractivity contribution in [1.29, 1.82) is 5.26 Å². The number of nitriles is 1. The van der Waals surface area contributed by atoms with Crippen LogP contribution in [0.1, 0.15) is 36.8 Å². The van der Waals surface area contributed by atoms with E-state index in [1.807, 2.05) is 60.7 Å². The maximum absolute atomic E-state index is 13.0. The minimum Gasteiger partial charge on any atom is -0.467 e. The van der Waals surface area contributed by atoms with Crippen molar-refractivity contribution >= 4 is 18.0 Å². The molecule has 174 valence electrons. The molecule has 0 fully saturated rings. The SMILES string of the molecule is COC(=O)[C@@H](CCCCC#N)NC(=O)[C@@H](Cc1ccccc1)NC(=O)OCc1ccccc1. The van der Waals surface area contributed by atoms with E-state index in [1.54, 1.807) is 0 Å². The van der Waals surface area contributed by atoms with Crippen molar-refractivity contribution < 1.29 is 23.9 Å². The van der Waals surface area contributed by atoms with Gasteiger partial charge in [0.1, 0.15) is 18.7 Å². The molecule has 0 unspecified atom stereocenters. The van der Waals surface area contributed by atoms with Crippen LogP contribution in [0, 0.1) is 11.3 Å². The van der Waals surface area contributed by atoms with Crippen LogP contribution in [-0.2, 0) is 32.1 Å². The third kappa shape index (κ3) is 9.44. The zero-order valence-electron chi connectivity index (χ0n) is 18.7. The first-order valence-corrected chi connectivity index (χ1v) is 10.8. The maximum Gasteiger partial charge on any atom is 0.408 e. The second-order valence-electron chi connectivity index (χ2n) is 7.44. The van der Waals surface area contributed by atoms with Crippen LogP contribution in [0.3, 0.4) is 0 Å². The maximum atomic E-state index is 13.0. The average molecular weight is 452 g/mol. The Kier molecular flexibility index (Phi) is 11.0. The number of methoxy groups -OCH3 is 1. The minimum absolute atomic E-state index is 0.0655. The normalized spacial score (nSPS) is 12.0. The molecule has 8 nitrogen and oxygen atoms in total. The smallest absolute Gasteiger partial charge is 0.408 e. The summed E-state index contributed by atoms with van der Waals surface area (Å²) in [6.07, 6.45) is 1.36. The van der Waals surface area contributed by atoms with Crippen molar-refractivity contribution in [3.8, 4) is 6.07 Å². The molecule has 0 spiro atoms. The quantitative estimate of drug-likeness (QED) is 0.378. The third-order valence-electron chi connectivity index (χ3n) is 4.94. The van der Waals surface area contributed by atoms with E-state index in [1.165, 1.54) is 7.11 Å². The van der Waals surface area contributed by atoms with Gasteiger partial charge in [-0.05, 0) is 30.4 Å². The predicted molar refractivity (Wildman–Crippen MR) is 122 cm³/mol. The van der Waals surface area contributed by atoms with E-state index in [0.717, 1.165) is 11.1 Å². The Morgan fingerprint density at radius 2 is 1.55 bits per heavy atom. The van der Waals surface area contributed by atoms with Gasteiger partial charge < -0.3 is 20.1 Å². The van der Waals surface area contributed by atoms with Crippen molar-refractivity contribution in [1.82, 2.24) is 10.6 Å². The van der Waals surface area contributed by atoms with Crippen molar-refractivity contribution in [3.05, 3.63) is 71.8 Å². The zero-order chi connectivity index (χ0) is 23.9. The number of amides is 2. The fourth-order valence-electron chi connectivity index (χ4n) is 3.18. The summed E-state index contributed by atoms with van der Waals surface area (Å²) in [5.74, 6) is -1.10. The molecule has 0 aliphatic carbocycles. The highest BCUT2D eigenvalue weighted by Crippen LogP contribution is 2.09. The molecule has 0 saturated carbocycles. The van der Waals surface area contributed by atoms with Gasteiger partial charge in [-0.25, -0.2) is 9.59 Å². The van der Waals surface area contributed by atoms with Crippen molar-refractivity contribution in [2.24, 2.45) is 0 Å². The molecule has 2 atom stereocenters. The summed E-state index contributed by atoms with van der Waals surface area (Å²) in [7, 11) is 1.25. The van der Waals surface area contributed by atoms with Crippen LogP contribution >= 0.6 is 0 Å². The van der Waals surface area contributed by atoms with E-state index in [4.69, 9.17) is 14.7 Å². The van der Waals surface area contributed by atoms with E-state index in [0.29, 0.717) is 25.7 Å². The monoisotopic (exact) mass is 451 g/mol. The fourth-order valence-corrected chi connectivity index (χ4v) is 3.18. The Bertz CT molecular complexity index is 928. The molecule has 8 heteroatoms. The van der Waals surface area contributed by atoms with Gasteiger partial charge >= 0.3 is 12.1 Å². The number of benzene rings is 2. The van der Waals surface area contributed by atoms with Crippen molar-refractivity contribution in [2.75, 3.05) is 7.11 Å². The van der Waals surface area contributed by atoms with Gasteiger partial charge in [-0.15, -0.1) is 0 Å². The molecule has 0 heterocycles. The Balaban J connectivity index is 2.05. The summed E-state index contributed by atoms with van der Waals surface area (Å²) in [6, 6.07) is 18.6. The van der Waals surface area contributed by atoms with Crippen LogP contribution in [0.4, 0.5) is 4.79 Å².